The second-order valence-corrected chi connectivity index (χ2v) is 8.34. The zero-order valence-corrected chi connectivity index (χ0v) is 18.8. The normalized spacial score (nSPS) is 15.6. The van der Waals surface area contributed by atoms with Gasteiger partial charge in [0.25, 0.3) is 0 Å². The summed E-state index contributed by atoms with van der Waals surface area (Å²) in [5.74, 6) is -1.94. The highest BCUT2D eigenvalue weighted by Gasteiger charge is 2.32. The number of nitrogens with two attached hydrogens (primary N) is 2. The van der Waals surface area contributed by atoms with Crippen molar-refractivity contribution in [1.82, 2.24) is 5.32 Å². The molecule has 2 unspecified atom stereocenters. The summed E-state index contributed by atoms with van der Waals surface area (Å²) in [5.41, 5.74) is 11.3. The van der Waals surface area contributed by atoms with E-state index in [9.17, 15) is 19.5 Å². The third-order valence-electron chi connectivity index (χ3n) is 5.40. The highest BCUT2D eigenvalue weighted by atomic mass is 16.3. The van der Waals surface area contributed by atoms with E-state index in [2.05, 4.69) is 12.2 Å². The predicted octanol–water partition coefficient (Wildman–Crippen LogP) is 1.94. The molecule has 0 aromatic rings. The third kappa shape index (κ3) is 10.9. The van der Waals surface area contributed by atoms with Crippen molar-refractivity contribution in [3.63, 3.8) is 0 Å². The molecule has 0 fully saturated rings. The zero-order valence-electron chi connectivity index (χ0n) is 18.8. The summed E-state index contributed by atoms with van der Waals surface area (Å²) in [5, 5.41) is 12.8. The van der Waals surface area contributed by atoms with Gasteiger partial charge < -0.3 is 21.9 Å². The van der Waals surface area contributed by atoms with Crippen LogP contribution in [-0.4, -0.2) is 47.8 Å². The van der Waals surface area contributed by atoms with Gasteiger partial charge in [0, 0.05) is 18.3 Å². The van der Waals surface area contributed by atoms with Crippen LogP contribution in [-0.2, 0) is 14.4 Å². The lowest BCUT2D eigenvalue weighted by Gasteiger charge is -2.25. The summed E-state index contributed by atoms with van der Waals surface area (Å²) in [4.78, 5) is 37.9. The molecule has 0 bridgehead atoms. The number of Topliss-reactive ketones (excluding diaryl/α,β-unsaturated/α-hetero) is 2. The van der Waals surface area contributed by atoms with Crippen LogP contribution in [0.3, 0.4) is 0 Å². The number of carbonyl (C=O) groups excluding carboxylic acids is 3. The Hall–Kier alpha value is -1.31. The molecule has 0 aliphatic heterocycles. The Labute approximate surface area is 176 Å². The van der Waals surface area contributed by atoms with Gasteiger partial charge in [-0.15, -0.1) is 0 Å². The standard InChI is InChI=1S/C22H43N3O4/c1-5-6-7-8-9-17(10-12-23)20(27)14-18(16(4)26)22(29)25-19(11-13-24)21(28)15(2)3/h15-19,26H,5-14,23-24H2,1-4H3,(H,25,29)/t16?,17?,18-,19-/m0/s1. The summed E-state index contributed by atoms with van der Waals surface area (Å²) in [6.45, 7) is 7.84. The molecule has 170 valence electrons. The Morgan fingerprint density at radius 1 is 0.931 bits per heavy atom. The van der Waals surface area contributed by atoms with Crippen molar-refractivity contribution < 1.29 is 19.5 Å². The first kappa shape index (κ1) is 27.7. The van der Waals surface area contributed by atoms with Crippen molar-refractivity contribution in [3.8, 4) is 0 Å². The molecule has 0 heterocycles. The second-order valence-electron chi connectivity index (χ2n) is 8.34. The fraction of sp³-hybridized carbons (Fsp3) is 0.864. The van der Waals surface area contributed by atoms with Gasteiger partial charge in [-0.2, -0.15) is 0 Å². The van der Waals surface area contributed by atoms with E-state index in [0.29, 0.717) is 19.4 Å². The first-order chi connectivity index (χ1) is 13.7. The van der Waals surface area contributed by atoms with Gasteiger partial charge in [-0.05, 0) is 39.3 Å². The van der Waals surface area contributed by atoms with Gasteiger partial charge in [0.2, 0.25) is 5.91 Å². The van der Waals surface area contributed by atoms with Gasteiger partial charge in [-0.25, -0.2) is 0 Å². The number of unbranched alkanes of at least 4 members (excludes halogenated alkanes) is 3. The topological polar surface area (TPSA) is 136 Å². The van der Waals surface area contributed by atoms with Gasteiger partial charge in [0.1, 0.15) is 5.78 Å². The highest BCUT2D eigenvalue weighted by Crippen LogP contribution is 2.21. The van der Waals surface area contributed by atoms with Crippen LogP contribution in [0.5, 0.6) is 0 Å². The lowest BCUT2D eigenvalue weighted by molar-refractivity contribution is -0.137. The summed E-state index contributed by atoms with van der Waals surface area (Å²) >= 11 is 0. The number of amides is 1. The number of rotatable bonds is 17. The smallest absolute Gasteiger partial charge is 0.226 e. The van der Waals surface area contributed by atoms with E-state index in [1.807, 2.05) is 0 Å². The molecular weight excluding hydrogens is 370 g/mol. The maximum Gasteiger partial charge on any atom is 0.226 e. The highest BCUT2D eigenvalue weighted by molar-refractivity contribution is 5.93. The van der Waals surface area contributed by atoms with Gasteiger partial charge in [0.15, 0.2) is 5.78 Å². The number of carbonyl (C=O) groups is 3. The molecule has 0 aliphatic rings. The molecule has 0 saturated heterocycles. The Morgan fingerprint density at radius 3 is 2.03 bits per heavy atom. The number of ketones is 2. The number of aliphatic hydroxyl groups excluding tert-OH is 1. The third-order valence-corrected chi connectivity index (χ3v) is 5.40. The van der Waals surface area contributed by atoms with Crippen LogP contribution in [0.4, 0.5) is 0 Å². The summed E-state index contributed by atoms with van der Waals surface area (Å²) in [7, 11) is 0. The van der Waals surface area contributed by atoms with E-state index in [0.717, 1.165) is 32.1 Å². The van der Waals surface area contributed by atoms with Crippen LogP contribution < -0.4 is 16.8 Å². The fourth-order valence-corrected chi connectivity index (χ4v) is 3.48. The maximum absolute atomic E-state index is 12.8. The second kappa shape index (κ2) is 15.5. The molecule has 0 spiro atoms. The molecule has 4 atom stereocenters. The van der Waals surface area contributed by atoms with Gasteiger partial charge in [-0.3, -0.25) is 14.4 Å². The molecule has 0 saturated carbocycles. The van der Waals surface area contributed by atoms with Crippen LogP contribution in [0.2, 0.25) is 0 Å². The van der Waals surface area contributed by atoms with Crippen molar-refractivity contribution >= 4 is 17.5 Å². The number of aliphatic hydroxyl groups is 1. The average Bonchev–Trinajstić information content (AvgIpc) is 2.66. The molecule has 6 N–H and O–H groups in total. The summed E-state index contributed by atoms with van der Waals surface area (Å²) < 4.78 is 0. The molecule has 7 heteroatoms. The minimum Gasteiger partial charge on any atom is -0.393 e. The van der Waals surface area contributed by atoms with Gasteiger partial charge in [0.05, 0.1) is 18.1 Å². The first-order valence-corrected chi connectivity index (χ1v) is 11.1. The molecule has 0 aliphatic carbocycles. The monoisotopic (exact) mass is 413 g/mol. The molecule has 29 heavy (non-hydrogen) atoms. The van der Waals surface area contributed by atoms with E-state index in [4.69, 9.17) is 11.5 Å². The number of hydrogen-bond acceptors (Lipinski definition) is 6. The average molecular weight is 414 g/mol. The van der Waals surface area contributed by atoms with Gasteiger partial charge in [-0.1, -0.05) is 46.5 Å². The Balaban J connectivity index is 5.09. The molecule has 1 amide bonds. The van der Waals surface area contributed by atoms with Crippen LogP contribution in [0, 0.1) is 17.8 Å². The van der Waals surface area contributed by atoms with Crippen LogP contribution in [0.15, 0.2) is 0 Å². The minimum atomic E-state index is -0.995. The number of hydrogen-bond donors (Lipinski definition) is 4. The van der Waals surface area contributed by atoms with Crippen molar-refractivity contribution in [1.29, 1.82) is 0 Å². The lowest BCUT2D eigenvalue weighted by atomic mass is 9.86. The minimum absolute atomic E-state index is 0.0430. The quantitative estimate of drug-likeness (QED) is 0.269. The summed E-state index contributed by atoms with van der Waals surface area (Å²) in [6.07, 6.45) is 4.91. The predicted molar refractivity (Wildman–Crippen MR) is 116 cm³/mol. The van der Waals surface area contributed by atoms with E-state index in [1.165, 1.54) is 6.92 Å². The van der Waals surface area contributed by atoms with Crippen LogP contribution in [0.1, 0.15) is 79.1 Å². The Kier molecular flexibility index (Phi) is 14.8. The van der Waals surface area contributed by atoms with Gasteiger partial charge >= 0.3 is 0 Å². The van der Waals surface area contributed by atoms with E-state index >= 15 is 0 Å². The number of nitrogens with one attached hydrogen (secondary N) is 1. The van der Waals surface area contributed by atoms with Crippen molar-refractivity contribution in [2.45, 2.75) is 91.2 Å². The zero-order chi connectivity index (χ0) is 22.4. The summed E-state index contributed by atoms with van der Waals surface area (Å²) in [6, 6.07) is -0.697. The van der Waals surface area contributed by atoms with Crippen molar-refractivity contribution in [2.24, 2.45) is 29.2 Å². The van der Waals surface area contributed by atoms with E-state index in [1.54, 1.807) is 13.8 Å². The van der Waals surface area contributed by atoms with E-state index in [-0.39, 0.29) is 36.4 Å². The first-order valence-electron chi connectivity index (χ1n) is 11.1. The van der Waals surface area contributed by atoms with Crippen molar-refractivity contribution in [3.05, 3.63) is 0 Å². The molecule has 0 rings (SSSR count). The van der Waals surface area contributed by atoms with Crippen molar-refractivity contribution in [2.75, 3.05) is 13.1 Å². The molecule has 0 radical (unpaired) electrons. The Morgan fingerprint density at radius 2 is 1.55 bits per heavy atom. The Bertz CT molecular complexity index is 494. The van der Waals surface area contributed by atoms with E-state index < -0.39 is 24.0 Å². The fourth-order valence-electron chi connectivity index (χ4n) is 3.48. The SMILES string of the molecule is CCCCCCC(CCN)C(=O)C[C@H](C(=O)N[C@@H](CCN)C(=O)C(C)C)C(C)O. The molecule has 7 nitrogen and oxygen atoms in total. The van der Waals surface area contributed by atoms with Crippen LogP contribution in [0.25, 0.3) is 0 Å². The lowest BCUT2D eigenvalue weighted by Crippen LogP contribution is -2.48. The molecule has 0 aromatic carbocycles. The molecule has 0 aromatic heterocycles. The largest absolute Gasteiger partial charge is 0.393 e. The van der Waals surface area contributed by atoms with Crippen LogP contribution >= 0.6 is 0 Å². The molecular formula is C22H43N3O4. The maximum atomic E-state index is 12.8.